The predicted molar refractivity (Wildman–Crippen MR) is 74.6 cm³/mol. The van der Waals surface area contributed by atoms with Crippen molar-refractivity contribution in [1.29, 1.82) is 0 Å². The van der Waals surface area contributed by atoms with E-state index in [0.29, 0.717) is 18.9 Å². The lowest BCUT2D eigenvalue weighted by Crippen LogP contribution is -2.69. The Hall–Kier alpha value is -1.06. The number of piperazine rings is 1. The number of hydrogen-bond acceptors (Lipinski definition) is 2. The standard InChI is InChI=1S/C15H26N2O2/c1-4-12-13(18)16-15(8-5-6-9-15)14(19)17(12)10-7-11(2)3/h11-12H,4-10H2,1-3H3,(H,16,18). The number of nitrogens with one attached hydrogen (secondary N) is 1. The molecule has 2 fully saturated rings. The number of carbonyl (C=O) groups is 2. The van der Waals surface area contributed by atoms with Crippen LogP contribution >= 0.6 is 0 Å². The van der Waals surface area contributed by atoms with E-state index in [2.05, 4.69) is 19.2 Å². The lowest BCUT2D eigenvalue weighted by Gasteiger charge is -2.44. The molecule has 2 rings (SSSR count). The van der Waals surface area contributed by atoms with Gasteiger partial charge in [0.2, 0.25) is 11.8 Å². The van der Waals surface area contributed by atoms with E-state index in [9.17, 15) is 9.59 Å². The second-order valence-corrected chi connectivity index (χ2v) is 6.38. The maximum atomic E-state index is 12.8. The van der Waals surface area contributed by atoms with E-state index in [-0.39, 0.29) is 17.9 Å². The smallest absolute Gasteiger partial charge is 0.249 e. The van der Waals surface area contributed by atoms with E-state index in [1.54, 1.807) is 0 Å². The van der Waals surface area contributed by atoms with Gasteiger partial charge < -0.3 is 10.2 Å². The Kier molecular flexibility index (Phi) is 4.16. The highest BCUT2D eigenvalue weighted by Gasteiger charge is 2.51. The van der Waals surface area contributed by atoms with Gasteiger partial charge in [0.05, 0.1) is 0 Å². The van der Waals surface area contributed by atoms with Gasteiger partial charge in [-0.05, 0) is 31.6 Å². The molecule has 19 heavy (non-hydrogen) atoms. The van der Waals surface area contributed by atoms with Crippen LogP contribution in [0.3, 0.4) is 0 Å². The Morgan fingerprint density at radius 3 is 2.47 bits per heavy atom. The fraction of sp³-hybridized carbons (Fsp3) is 0.867. The van der Waals surface area contributed by atoms with Crippen LogP contribution in [0.5, 0.6) is 0 Å². The van der Waals surface area contributed by atoms with E-state index in [1.807, 2.05) is 11.8 Å². The zero-order valence-corrected chi connectivity index (χ0v) is 12.4. The Balaban J connectivity index is 2.18. The van der Waals surface area contributed by atoms with E-state index < -0.39 is 5.54 Å². The molecule has 1 N–H and O–H groups in total. The molecule has 1 aliphatic heterocycles. The van der Waals surface area contributed by atoms with Crippen LogP contribution in [0.25, 0.3) is 0 Å². The first kappa shape index (κ1) is 14.4. The normalized spacial score (nSPS) is 26.3. The van der Waals surface area contributed by atoms with Crippen molar-refractivity contribution in [3.8, 4) is 0 Å². The summed E-state index contributed by atoms with van der Waals surface area (Å²) in [5, 5.41) is 3.03. The van der Waals surface area contributed by atoms with E-state index in [0.717, 1.165) is 32.1 Å². The van der Waals surface area contributed by atoms with Gasteiger partial charge in [0, 0.05) is 6.54 Å². The Morgan fingerprint density at radius 2 is 1.95 bits per heavy atom. The highest BCUT2D eigenvalue weighted by Crippen LogP contribution is 2.35. The molecule has 108 valence electrons. The summed E-state index contributed by atoms with van der Waals surface area (Å²) < 4.78 is 0. The topological polar surface area (TPSA) is 49.4 Å². The monoisotopic (exact) mass is 266 g/mol. The number of carbonyl (C=O) groups excluding carboxylic acids is 2. The van der Waals surface area contributed by atoms with Crippen LogP contribution in [0.2, 0.25) is 0 Å². The fourth-order valence-electron chi connectivity index (χ4n) is 3.31. The number of nitrogens with zero attached hydrogens (tertiary/aromatic N) is 1. The predicted octanol–water partition coefficient (Wildman–Crippen LogP) is 2.08. The van der Waals surface area contributed by atoms with Gasteiger partial charge in [0.15, 0.2) is 0 Å². The van der Waals surface area contributed by atoms with Gasteiger partial charge in [-0.1, -0.05) is 33.6 Å². The first-order valence-electron chi connectivity index (χ1n) is 7.63. The van der Waals surface area contributed by atoms with Crippen LogP contribution in [0, 0.1) is 5.92 Å². The molecule has 0 bridgehead atoms. The first-order valence-corrected chi connectivity index (χ1v) is 7.63. The van der Waals surface area contributed by atoms with Crippen LogP contribution in [0.4, 0.5) is 0 Å². The third kappa shape index (κ3) is 2.63. The average molecular weight is 266 g/mol. The summed E-state index contributed by atoms with van der Waals surface area (Å²) in [5.41, 5.74) is -0.570. The molecule has 1 saturated carbocycles. The summed E-state index contributed by atoms with van der Waals surface area (Å²) >= 11 is 0. The molecular weight excluding hydrogens is 240 g/mol. The van der Waals surface area contributed by atoms with Crippen molar-refractivity contribution in [2.45, 2.75) is 70.9 Å². The SMILES string of the molecule is CCC1C(=O)NC2(CCCC2)C(=O)N1CCC(C)C. The summed E-state index contributed by atoms with van der Waals surface area (Å²) in [6.45, 7) is 7.00. The lowest BCUT2D eigenvalue weighted by molar-refractivity contribution is -0.155. The number of amides is 2. The molecule has 2 amide bonds. The van der Waals surface area contributed by atoms with Crippen LogP contribution < -0.4 is 5.32 Å². The van der Waals surface area contributed by atoms with Crippen molar-refractivity contribution in [2.24, 2.45) is 5.92 Å². The Bertz CT molecular complexity index is 359. The van der Waals surface area contributed by atoms with E-state index in [4.69, 9.17) is 0 Å². The highest BCUT2D eigenvalue weighted by molar-refractivity contribution is 6.00. The second-order valence-electron chi connectivity index (χ2n) is 6.38. The number of hydrogen-bond donors (Lipinski definition) is 1. The highest BCUT2D eigenvalue weighted by atomic mass is 16.2. The minimum absolute atomic E-state index is 0.0488. The maximum Gasteiger partial charge on any atom is 0.249 e. The molecule has 0 aromatic rings. The fourth-order valence-corrected chi connectivity index (χ4v) is 3.31. The second kappa shape index (κ2) is 5.51. The summed E-state index contributed by atoms with van der Waals surface area (Å²) in [5.74, 6) is 0.764. The molecule has 2 aliphatic rings. The van der Waals surface area contributed by atoms with Crippen LogP contribution in [-0.4, -0.2) is 34.8 Å². The summed E-state index contributed by atoms with van der Waals surface area (Å²) in [4.78, 5) is 26.9. The van der Waals surface area contributed by atoms with Crippen molar-refractivity contribution in [1.82, 2.24) is 10.2 Å². The Morgan fingerprint density at radius 1 is 1.32 bits per heavy atom. The van der Waals surface area contributed by atoms with Gasteiger partial charge in [0.25, 0.3) is 0 Å². The van der Waals surface area contributed by atoms with Gasteiger partial charge in [-0.25, -0.2) is 0 Å². The zero-order chi connectivity index (χ0) is 14.0. The van der Waals surface area contributed by atoms with Crippen molar-refractivity contribution in [3.63, 3.8) is 0 Å². The molecule has 1 unspecified atom stereocenters. The molecule has 0 aromatic carbocycles. The largest absolute Gasteiger partial charge is 0.340 e. The van der Waals surface area contributed by atoms with Gasteiger partial charge >= 0.3 is 0 Å². The average Bonchev–Trinajstić information content (AvgIpc) is 2.81. The van der Waals surface area contributed by atoms with Crippen LogP contribution in [0.1, 0.15) is 59.3 Å². The number of rotatable bonds is 4. The van der Waals surface area contributed by atoms with Crippen molar-refractivity contribution in [3.05, 3.63) is 0 Å². The minimum atomic E-state index is -0.570. The maximum absolute atomic E-state index is 12.8. The molecule has 4 heteroatoms. The summed E-state index contributed by atoms with van der Waals surface area (Å²) in [6.07, 6.45) is 5.37. The van der Waals surface area contributed by atoms with Gasteiger partial charge in [0.1, 0.15) is 11.6 Å². The minimum Gasteiger partial charge on any atom is -0.340 e. The van der Waals surface area contributed by atoms with Gasteiger partial charge in [-0.3, -0.25) is 9.59 Å². The van der Waals surface area contributed by atoms with Crippen molar-refractivity contribution < 1.29 is 9.59 Å². The molecule has 1 spiro atoms. The molecule has 0 radical (unpaired) electrons. The molecular formula is C15H26N2O2. The van der Waals surface area contributed by atoms with Gasteiger partial charge in [-0.2, -0.15) is 0 Å². The van der Waals surface area contributed by atoms with Gasteiger partial charge in [-0.15, -0.1) is 0 Å². The van der Waals surface area contributed by atoms with E-state index in [1.165, 1.54) is 0 Å². The lowest BCUT2D eigenvalue weighted by atomic mass is 9.89. The van der Waals surface area contributed by atoms with E-state index >= 15 is 0 Å². The Labute approximate surface area is 115 Å². The van der Waals surface area contributed by atoms with Crippen molar-refractivity contribution in [2.75, 3.05) is 6.54 Å². The molecule has 4 nitrogen and oxygen atoms in total. The molecule has 0 aromatic heterocycles. The summed E-state index contributed by atoms with van der Waals surface area (Å²) in [6, 6.07) is -0.266. The molecule has 1 saturated heterocycles. The van der Waals surface area contributed by atoms with Crippen LogP contribution in [0.15, 0.2) is 0 Å². The first-order chi connectivity index (χ1) is 9.00. The molecule has 1 aliphatic carbocycles. The summed E-state index contributed by atoms with van der Waals surface area (Å²) in [7, 11) is 0. The zero-order valence-electron chi connectivity index (χ0n) is 12.4. The quantitative estimate of drug-likeness (QED) is 0.847. The third-order valence-corrected chi connectivity index (χ3v) is 4.50. The third-order valence-electron chi connectivity index (χ3n) is 4.50. The molecule has 1 heterocycles. The van der Waals surface area contributed by atoms with Crippen LogP contribution in [-0.2, 0) is 9.59 Å². The molecule has 1 atom stereocenters. The van der Waals surface area contributed by atoms with Crippen molar-refractivity contribution >= 4 is 11.8 Å².